The molecule has 1 aliphatic carbocycles. The van der Waals surface area contributed by atoms with Gasteiger partial charge in [-0.1, -0.05) is 60.7 Å². The van der Waals surface area contributed by atoms with Crippen LogP contribution in [0.15, 0.2) is 84.0 Å². The minimum Gasteiger partial charge on any atom is -0.489 e. The monoisotopic (exact) mass is 423 g/mol. The third-order valence-electron chi connectivity index (χ3n) is 4.71. The van der Waals surface area contributed by atoms with E-state index in [1.807, 2.05) is 86.3 Å². The predicted molar refractivity (Wildman–Crippen MR) is 124 cm³/mol. The number of benzene rings is 3. The van der Waals surface area contributed by atoms with Crippen LogP contribution >= 0.6 is 0 Å². The Kier molecular flexibility index (Phi) is 7.53. The maximum Gasteiger partial charge on any atom is 0.271 e. The summed E-state index contributed by atoms with van der Waals surface area (Å²) in [5.74, 6) is 1.66. The average Bonchev–Trinajstić information content (AvgIpc) is 3.36. The van der Waals surface area contributed by atoms with Gasteiger partial charge in [0.1, 0.15) is 24.7 Å². The van der Waals surface area contributed by atoms with Crippen LogP contribution < -0.4 is 14.9 Å². The number of hydrogen-bond acceptors (Lipinski definition) is 4. The summed E-state index contributed by atoms with van der Waals surface area (Å²) in [6.45, 7) is 0.776. The lowest BCUT2D eigenvalue weighted by molar-refractivity contribution is 0.0954. The first-order valence-corrected chi connectivity index (χ1v) is 10.3. The minimum absolute atomic E-state index is 0.345. The zero-order valence-corrected chi connectivity index (χ0v) is 17.5. The molecule has 0 spiro atoms. The molecule has 0 unspecified atom stereocenters. The van der Waals surface area contributed by atoms with Crippen molar-refractivity contribution >= 4 is 12.1 Å². The molecule has 1 aliphatic rings. The van der Waals surface area contributed by atoms with Gasteiger partial charge in [-0.2, -0.15) is 5.10 Å². The molecule has 1 N–H and O–H groups in total. The normalized spacial score (nSPS) is 13.9. The lowest BCUT2D eigenvalue weighted by atomic mass is 10.1. The van der Waals surface area contributed by atoms with Gasteiger partial charge in [-0.15, -0.1) is 0 Å². The highest BCUT2D eigenvalue weighted by Gasteiger charge is 2.15. The van der Waals surface area contributed by atoms with Gasteiger partial charge < -0.3 is 9.47 Å². The van der Waals surface area contributed by atoms with Gasteiger partial charge in [0.05, 0.1) is 0 Å². The van der Waals surface area contributed by atoms with Crippen molar-refractivity contribution in [3.63, 3.8) is 0 Å². The van der Waals surface area contributed by atoms with Gasteiger partial charge in [0.15, 0.2) is 0 Å². The maximum atomic E-state index is 12.7. The molecule has 0 aromatic heterocycles. The standard InChI is InChI=1S/C27H23N2O3/c30-27(29-28-18-21-9-7-8-10-21)24-15-25(31-19-22-11-3-1-4-12-22)17-26(16-24)32-20-23-13-5-2-6-14-23/h1-18H,19-20H2,(H,29,30)/b28-18+. The third-order valence-corrected chi connectivity index (χ3v) is 4.71. The molecule has 5 radical (unpaired) electrons. The molecule has 4 rings (SSSR count). The summed E-state index contributed by atoms with van der Waals surface area (Å²) in [4.78, 5) is 12.7. The van der Waals surface area contributed by atoms with Gasteiger partial charge >= 0.3 is 0 Å². The number of hydrazone groups is 1. The molecule has 3 aromatic carbocycles. The van der Waals surface area contributed by atoms with Gasteiger partial charge in [-0.25, -0.2) is 5.43 Å². The van der Waals surface area contributed by atoms with E-state index in [4.69, 9.17) is 9.47 Å². The van der Waals surface area contributed by atoms with E-state index in [0.717, 1.165) is 17.0 Å². The first kappa shape index (κ1) is 21.6. The van der Waals surface area contributed by atoms with Crippen molar-refractivity contribution in [3.8, 4) is 11.5 Å². The van der Waals surface area contributed by atoms with Crippen LogP contribution in [0, 0.1) is 31.6 Å². The highest BCUT2D eigenvalue weighted by molar-refractivity contribution is 5.95. The molecule has 3 aromatic rings. The summed E-state index contributed by atoms with van der Waals surface area (Å²) >= 11 is 0. The average molecular weight is 423 g/mol. The Morgan fingerprint density at radius 3 is 1.84 bits per heavy atom. The lowest BCUT2D eigenvalue weighted by Gasteiger charge is -2.12. The first-order valence-electron chi connectivity index (χ1n) is 10.3. The van der Waals surface area contributed by atoms with Gasteiger partial charge in [0, 0.05) is 23.8 Å². The van der Waals surface area contributed by atoms with Crippen molar-refractivity contribution in [1.82, 2.24) is 5.43 Å². The SMILES string of the molecule is O=C(N/N=C/[C]1[CH][CH][CH][CH]1)c1cc(OCc2ccccc2)cc(OCc2ccccc2)c1. The van der Waals surface area contributed by atoms with Crippen LogP contribution in [0.3, 0.4) is 0 Å². The van der Waals surface area contributed by atoms with Crippen molar-refractivity contribution in [2.75, 3.05) is 0 Å². The fraction of sp³-hybridized carbons (Fsp3) is 0.0741. The van der Waals surface area contributed by atoms with Crippen molar-refractivity contribution in [2.45, 2.75) is 13.2 Å². The van der Waals surface area contributed by atoms with E-state index in [-0.39, 0.29) is 5.91 Å². The van der Waals surface area contributed by atoms with Gasteiger partial charge in [0.2, 0.25) is 0 Å². The fourth-order valence-electron chi connectivity index (χ4n) is 3.06. The van der Waals surface area contributed by atoms with Gasteiger partial charge in [0.25, 0.3) is 5.91 Å². The van der Waals surface area contributed by atoms with Gasteiger partial charge in [-0.05, 0) is 48.9 Å². The Hall–Kier alpha value is -3.60. The zero-order chi connectivity index (χ0) is 22.0. The third kappa shape index (κ3) is 6.45. The van der Waals surface area contributed by atoms with Crippen LogP contribution in [0.25, 0.3) is 0 Å². The molecule has 1 saturated carbocycles. The number of nitrogens with one attached hydrogen (secondary N) is 1. The van der Waals surface area contributed by atoms with E-state index >= 15 is 0 Å². The summed E-state index contributed by atoms with van der Waals surface area (Å²) < 4.78 is 11.9. The number of rotatable bonds is 9. The second-order valence-electron chi connectivity index (χ2n) is 7.16. The predicted octanol–water partition coefficient (Wildman–Crippen LogP) is 4.97. The van der Waals surface area contributed by atoms with Crippen molar-refractivity contribution < 1.29 is 14.3 Å². The Morgan fingerprint density at radius 2 is 1.31 bits per heavy atom. The Morgan fingerprint density at radius 1 is 0.781 bits per heavy atom. The topological polar surface area (TPSA) is 59.9 Å². The van der Waals surface area contributed by atoms with Crippen LogP contribution in [-0.2, 0) is 13.2 Å². The summed E-state index contributed by atoms with van der Waals surface area (Å²) in [5.41, 5.74) is 5.03. The van der Waals surface area contributed by atoms with Crippen LogP contribution in [0.4, 0.5) is 0 Å². The van der Waals surface area contributed by atoms with Crippen molar-refractivity contribution in [1.29, 1.82) is 0 Å². The molecule has 0 heterocycles. The molecule has 1 fully saturated rings. The smallest absolute Gasteiger partial charge is 0.271 e. The van der Waals surface area contributed by atoms with E-state index in [1.165, 1.54) is 0 Å². The van der Waals surface area contributed by atoms with Crippen molar-refractivity contribution in [2.24, 2.45) is 5.10 Å². The summed E-state index contributed by atoms with van der Waals surface area (Å²) in [6.07, 6.45) is 9.23. The van der Waals surface area contributed by atoms with Crippen LogP contribution in [-0.4, -0.2) is 12.1 Å². The zero-order valence-electron chi connectivity index (χ0n) is 17.5. The number of amides is 1. The summed E-state index contributed by atoms with van der Waals surface area (Å²) in [7, 11) is 0. The Balaban J connectivity index is 1.46. The highest BCUT2D eigenvalue weighted by atomic mass is 16.5. The van der Waals surface area contributed by atoms with Gasteiger partial charge in [-0.3, -0.25) is 4.79 Å². The lowest BCUT2D eigenvalue weighted by Crippen LogP contribution is -2.18. The van der Waals surface area contributed by atoms with Crippen LogP contribution in [0.1, 0.15) is 21.5 Å². The minimum atomic E-state index is -0.345. The van der Waals surface area contributed by atoms with E-state index < -0.39 is 0 Å². The molecule has 32 heavy (non-hydrogen) atoms. The molecule has 5 heteroatoms. The molecule has 0 saturated heterocycles. The molecule has 5 nitrogen and oxygen atoms in total. The maximum absolute atomic E-state index is 12.7. The largest absolute Gasteiger partial charge is 0.489 e. The van der Waals surface area contributed by atoms with E-state index in [9.17, 15) is 4.79 Å². The molecular weight excluding hydrogens is 400 g/mol. The van der Waals surface area contributed by atoms with Crippen LogP contribution in [0.5, 0.6) is 11.5 Å². The van der Waals surface area contributed by atoms with E-state index in [1.54, 1.807) is 24.4 Å². The summed E-state index contributed by atoms with van der Waals surface area (Å²) in [6, 6.07) is 24.9. The quantitative estimate of drug-likeness (QED) is 0.391. The second kappa shape index (κ2) is 11.1. The summed E-state index contributed by atoms with van der Waals surface area (Å²) in [5, 5.41) is 4.03. The number of carbonyl (C=O) groups excluding carboxylic acids is 1. The Labute approximate surface area is 189 Å². The number of carbonyl (C=O) groups is 1. The first-order chi connectivity index (χ1) is 15.8. The van der Waals surface area contributed by atoms with Crippen molar-refractivity contribution in [3.05, 3.63) is 127 Å². The molecular formula is C27H23N2O3. The van der Waals surface area contributed by atoms with E-state index in [2.05, 4.69) is 10.5 Å². The second-order valence-corrected chi connectivity index (χ2v) is 7.16. The molecule has 0 bridgehead atoms. The molecule has 1 amide bonds. The van der Waals surface area contributed by atoms with Crippen LogP contribution in [0.2, 0.25) is 0 Å². The molecule has 0 aliphatic heterocycles. The number of hydrogen-bond donors (Lipinski definition) is 1. The number of nitrogens with zero attached hydrogens (tertiary/aromatic N) is 1. The Bertz CT molecular complexity index is 968. The molecule has 0 atom stereocenters. The fourth-order valence-corrected chi connectivity index (χ4v) is 3.06. The number of ether oxygens (including phenoxy) is 2. The molecule has 159 valence electrons. The van der Waals surface area contributed by atoms with E-state index in [0.29, 0.717) is 30.3 Å². The highest BCUT2D eigenvalue weighted by Crippen LogP contribution is 2.25.